The minimum Gasteiger partial charge on any atom is -0.349 e. The molecule has 0 radical (unpaired) electrons. The Morgan fingerprint density at radius 1 is 1.19 bits per heavy atom. The van der Waals surface area contributed by atoms with Crippen molar-refractivity contribution in [2.24, 2.45) is 13.0 Å². The van der Waals surface area contributed by atoms with Gasteiger partial charge in [-0.05, 0) is 55.4 Å². The van der Waals surface area contributed by atoms with Crippen LogP contribution in [0, 0.1) is 17.2 Å². The van der Waals surface area contributed by atoms with Crippen LogP contribution in [-0.2, 0) is 11.8 Å². The minimum absolute atomic E-state index is 0.274. The summed E-state index contributed by atoms with van der Waals surface area (Å²) in [7, 11) is 2.08. The van der Waals surface area contributed by atoms with Gasteiger partial charge in [-0.25, -0.2) is 4.98 Å². The Bertz CT molecular complexity index is 1090. The lowest BCUT2D eigenvalue weighted by Crippen LogP contribution is -2.40. The molecule has 1 saturated carbocycles. The zero-order valence-electron chi connectivity index (χ0n) is 18.1. The predicted octanol–water partition coefficient (Wildman–Crippen LogP) is 4.25. The van der Waals surface area contributed by atoms with Gasteiger partial charge in [-0.15, -0.1) is 0 Å². The number of fused-ring (bicyclic) bond motifs is 1. The molecule has 160 valence electrons. The topological polar surface area (TPSA) is 65.2 Å². The summed E-state index contributed by atoms with van der Waals surface area (Å²) in [5, 5.41) is 10.3. The van der Waals surface area contributed by atoms with Gasteiger partial charge in [-0.1, -0.05) is 12.8 Å². The van der Waals surface area contributed by atoms with Crippen molar-refractivity contribution in [3.05, 3.63) is 47.9 Å². The molecule has 0 spiro atoms. The van der Waals surface area contributed by atoms with Crippen molar-refractivity contribution >= 4 is 22.6 Å². The highest BCUT2D eigenvalue weighted by Crippen LogP contribution is 2.36. The van der Waals surface area contributed by atoms with Gasteiger partial charge in [0.1, 0.15) is 5.82 Å². The van der Waals surface area contributed by atoms with Crippen molar-refractivity contribution < 1.29 is 4.79 Å². The van der Waals surface area contributed by atoms with Crippen LogP contribution in [0.15, 0.2) is 42.4 Å². The van der Waals surface area contributed by atoms with Crippen molar-refractivity contribution in [3.8, 4) is 6.07 Å². The Hall–Kier alpha value is -3.07. The average Bonchev–Trinajstić information content (AvgIpc) is 3.47. The van der Waals surface area contributed by atoms with Crippen molar-refractivity contribution in [2.75, 3.05) is 24.5 Å². The Labute approximate surface area is 183 Å². The molecule has 4 heterocycles. The number of rotatable bonds is 3. The molecule has 0 unspecified atom stereocenters. The smallest absolute Gasteiger partial charge is 0.225 e. The van der Waals surface area contributed by atoms with E-state index in [0.717, 1.165) is 50.1 Å². The summed E-state index contributed by atoms with van der Waals surface area (Å²) in [6.45, 7) is 2.39. The molecule has 2 aliphatic heterocycles. The first-order valence-electron chi connectivity index (χ1n) is 11.4. The van der Waals surface area contributed by atoms with E-state index in [1.165, 1.54) is 23.8 Å². The molecule has 0 aromatic carbocycles. The number of hydrogen-bond acceptors (Lipinski definition) is 4. The highest BCUT2D eigenvalue weighted by Gasteiger charge is 2.31. The van der Waals surface area contributed by atoms with Crippen LogP contribution in [0.3, 0.4) is 0 Å². The molecule has 5 rings (SSSR count). The molecule has 0 N–H and O–H groups in total. The fourth-order valence-corrected chi connectivity index (χ4v) is 5.37. The van der Waals surface area contributed by atoms with E-state index in [2.05, 4.69) is 44.7 Å². The van der Waals surface area contributed by atoms with Gasteiger partial charge in [0.25, 0.3) is 0 Å². The molecule has 2 aromatic rings. The maximum absolute atomic E-state index is 12.8. The SMILES string of the molecule is Cn1cc(C2CCN(C(=O)C3CCCC3)CC2)c2cc(N3C=CC(C#N)=CC3)ncc21. The second kappa shape index (κ2) is 8.22. The number of carbonyl (C=O) groups is 1. The number of anilines is 1. The third-order valence-electron chi connectivity index (χ3n) is 7.21. The van der Waals surface area contributed by atoms with Gasteiger partial charge in [-0.3, -0.25) is 4.79 Å². The van der Waals surface area contributed by atoms with Crippen LogP contribution in [0.4, 0.5) is 5.82 Å². The minimum atomic E-state index is 0.274. The number of piperidine rings is 1. The van der Waals surface area contributed by atoms with Crippen molar-refractivity contribution in [1.82, 2.24) is 14.5 Å². The van der Waals surface area contributed by atoms with Crippen LogP contribution in [0.25, 0.3) is 10.9 Å². The highest BCUT2D eigenvalue weighted by atomic mass is 16.2. The van der Waals surface area contributed by atoms with Gasteiger partial charge in [-0.2, -0.15) is 5.26 Å². The molecule has 0 atom stereocenters. The fraction of sp³-hybridized carbons (Fsp3) is 0.480. The Balaban J connectivity index is 1.34. The molecule has 1 amide bonds. The van der Waals surface area contributed by atoms with Gasteiger partial charge >= 0.3 is 0 Å². The first-order valence-corrected chi connectivity index (χ1v) is 11.4. The van der Waals surface area contributed by atoms with Crippen LogP contribution < -0.4 is 4.90 Å². The van der Waals surface area contributed by atoms with Gasteiger partial charge in [0.05, 0.1) is 23.4 Å². The first-order chi connectivity index (χ1) is 15.1. The van der Waals surface area contributed by atoms with Crippen LogP contribution in [-0.4, -0.2) is 40.0 Å². The lowest BCUT2D eigenvalue weighted by Gasteiger charge is -2.33. The highest BCUT2D eigenvalue weighted by molar-refractivity contribution is 5.86. The summed E-state index contributed by atoms with van der Waals surface area (Å²) in [4.78, 5) is 21.7. The average molecular weight is 416 g/mol. The Morgan fingerprint density at radius 2 is 1.97 bits per heavy atom. The largest absolute Gasteiger partial charge is 0.349 e. The molecule has 1 aliphatic carbocycles. The first kappa shape index (κ1) is 19.9. The van der Waals surface area contributed by atoms with E-state index in [1.807, 2.05) is 24.5 Å². The van der Waals surface area contributed by atoms with Gasteiger partial charge in [0.15, 0.2) is 0 Å². The Kier molecular flexibility index (Phi) is 5.27. The zero-order valence-corrected chi connectivity index (χ0v) is 18.1. The van der Waals surface area contributed by atoms with E-state index in [0.29, 0.717) is 23.9 Å². The second-order valence-corrected chi connectivity index (χ2v) is 9.08. The lowest BCUT2D eigenvalue weighted by atomic mass is 9.88. The predicted molar refractivity (Wildman–Crippen MR) is 121 cm³/mol. The van der Waals surface area contributed by atoms with Crippen LogP contribution in [0.2, 0.25) is 0 Å². The standard InChI is InChI=1S/C25H29N5O/c1-28-17-22(19-8-12-30(13-9-19)25(31)20-4-2-3-5-20)21-14-24(27-16-23(21)28)29-10-6-18(15-26)7-11-29/h6-7,10,14,16-17,19-20H,2-5,8-9,11-13H2,1H3. The van der Waals surface area contributed by atoms with E-state index < -0.39 is 0 Å². The van der Waals surface area contributed by atoms with Gasteiger partial charge in [0.2, 0.25) is 5.91 Å². The Morgan fingerprint density at radius 3 is 2.65 bits per heavy atom. The molecule has 6 heteroatoms. The summed E-state index contributed by atoms with van der Waals surface area (Å²) >= 11 is 0. The quantitative estimate of drug-likeness (QED) is 0.752. The van der Waals surface area contributed by atoms with Crippen molar-refractivity contribution in [1.29, 1.82) is 5.26 Å². The number of nitrogens with zero attached hydrogens (tertiary/aromatic N) is 5. The van der Waals surface area contributed by atoms with Gasteiger partial charge in [0, 0.05) is 50.4 Å². The summed E-state index contributed by atoms with van der Waals surface area (Å²) in [5.74, 6) is 2.03. The number of amides is 1. The van der Waals surface area contributed by atoms with E-state index in [1.54, 1.807) is 0 Å². The number of pyridine rings is 1. The second-order valence-electron chi connectivity index (χ2n) is 9.08. The summed E-state index contributed by atoms with van der Waals surface area (Å²) < 4.78 is 2.16. The monoisotopic (exact) mass is 415 g/mol. The molecule has 31 heavy (non-hydrogen) atoms. The third-order valence-corrected chi connectivity index (χ3v) is 7.21. The van der Waals surface area contributed by atoms with E-state index >= 15 is 0 Å². The normalized spacial score (nSPS) is 20.3. The summed E-state index contributed by atoms with van der Waals surface area (Å²) in [6.07, 6.45) is 16.5. The number of aryl methyl sites for hydroxylation is 1. The van der Waals surface area contributed by atoms with Crippen LogP contribution in [0.1, 0.15) is 50.0 Å². The lowest BCUT2D eigenvalue weighted by molar-refractivity contribution is -0.136. The number of allylic oxidation sites excluding steroid dienone is 2. The number of hydrogen-bond donors (Lipinski definition) is 0. The number of carbonyl (C=O) groups excluding carboxylic acids is 1. The van der Waals surface area contributed by atoms with Crippen molar-refractivity contribution in [2.45, 2.75) is 44.4 Å². The molecule has 3 aliphatic rings. The zero-order chi connectivity index (χ0) is 21.4. The molecule has 1 saturated heterocycles. The number of aromatic nitrogens is 2. The third kappa shape index (κ3) is 3.74. The molecule has 2 aromatic heterocycles. The van der Waals surface area contributed by atoms with E-state index in [4.69, 9.17) is 5.26 Å². The van der Waals surface area contributed by atoms with Gasteiger partial charge < -0.3 is 14.4 Å². The van der Waals surface area contributed by atoms with Crippen molar-refractivity contribution in [3.63, 3.8) is 0 Å². The molecule has 6 nitrogen and oxygen atoms in total. The fourth-order valence-electron chi connectivity index (χ4n) is 5.37. The van der Waals surface area contributed by atoms with E-state index in [-0.39, 0.29) is 5.92 Å². The van der Waals surface area contributed by atoms with Crippen LogP contribution >= 0.6 is 0 Å². The molecular formula is C25H29N5O. The number of nitriles is 1. The maximum Gasteiger partial charge on any atom is 0.225 e. The van der Waals surface area contributed by atoms with E-state index in [9.17, 15) is 4.79 Å². The molecule has 2 fully saturated rings. The van der Waals surface area contributed by atoms with Crippen LogP contribution in [0.5, 0.6) is 0 Å². The maximum atomic E-state index is 12.8. The molecule has 0 bridgehead atoms. The summed E-state index contributed by atoms with van der Waals surface area (Å²) in [5.41, 5.74) is 3.19. The number of likely N-dealkylation sites (tertiary alicyclic amines) is 1. The summed E-state index contributed by atoms with van der Waals surface area (Å²) in [6, 6.07) is 4.36. The molecular weight excluding hydrogens is 386 g/mol.